The van der Waals surface area contributed by atoms with Gasteiger partial charge in [0.2, 0.25) is 5.76 Å². The third-order valence-corrected chi connectivity index (χ3v) is 6.04. The first-order valence-electron chi connectivity index (χ1n) is 9.36. The molecule has 1 aliphatic heterocycles. The Labute approximate surface area is 185 Å². The van der Waals surface area contributed by atoms with Crippen molar-refractivity contribution in [2.24, 2.45) is 0 Å². The summed E-state index contributed by atoms with van der Waals surface area (Å²) in [5.41, 5.74) is 3.03. The molecule has 3 aromatic carbocycles. The molecule has 148 valence electrons. The van der Waals surface area contributed by atoms with E-state index in [-0.39, 0.29) is 17.1 Å². The van der Waals surface area contributed by atoms with Crippen molar-refractivity contribution in [3.05, 3.63) is 109 Å². The largest absolute Gasteiger partial charge is 0.450 e. The van der Waals surface area contributed by atoms with Crippen LogP contribution in [0.3, 0.4) is 0 Å². The molecule has 4 aromatic rings. The Bertz CT molecular complexity index is 1380. The van der Waals surface area contributed by atoms with Crippen molar-refractivity contribution in [2.45, 2.75) is 13.0 Å². The average molecular weight is 481 g/mol. The predicted octanol–water partition coefficient (Wildman–Crippen LogP) is 6.27. The molecule has 4 nitrogen and oxygen atoms in total. The lowest BCUT2D eigenvalue weighted by molar-refractivity contribution is 0.0971. The summed E-state index contributed by atoms with van der Waals surface area (Å²) in [5.74, 6) is -0.292. The van der Waals surface area contributed by atoms with E-state index >= 15 is 0 Å². The fourth-order valence-corrected chi connectivity index (χ4v) is 4.45. The summed E-state index contributed by atoms with van der Waals surface area (Å²) in [4.78, 5) is 28.6. The van der Waals surface area contributed by atoms with Gasteiger partial charge in [0.25, 0.3) is 5.91 Å². The number of rotatable bonds is 2. The van der Waals surface area contributed by atoms with Gasteiger partial charge in [0.1, 0.15) is 5.58 Å². The molecule has 0 fully saturated rings. The highest BCUT2D eigenvalue weighted by Gasteiger charge is 2.43. The first kappa shape index (κ1) is 19.1. The van der Waals surface area contributed by atoms with Crippen LogP contribution in [0.4, 0.5) is 5.69 Å². The van der Waals surface area contributed by atoms with E-state index in [1.807, 2.05) is 31.2 Å². The number of hydrogen-bond acceptors (Lipinski definition) is 3. The zero-order chi connectivity index (χ0) is 21.0. The molecule has 0 saturated carbocycles. The molecule has 2 heterocycles. The molecule has 0 spiro atoms. The number of fused-ring (bicyclic) bond motifs is 2. The van der Waals surface area contributed by atoms with Crippen LogP contribution in [0.2, 0.25) is 5.02 Å². The van der Waals surface area contributed by atoms with Crippen molar-refractivity contribution >= 4 is 50.1 Å². The summed E-state index contributed by atoms with van der Waals surface area (Å²) in [5, 5.41) is 0.938. The number of benzene rings is 3. The van der Waals surface area contributed by atoms with Gasteiger partial charge >= 0.3 is 0 Å². The lowest BCUT2D eigenvalue weighted by Gasteiger charge is -2.25. The normalized spacial score (nSPS) is 15.6. The Morgan fingerprint density at radius 3 is 2.50 bits per heavy atom. The van der Waals surface area contributed by atoms with Crippen molar-refractivity contribution in [3.63, 3.8) is 0 Å². The van der Waals surface area contributed by atoms with Crippen LogP contribution >= 0.6 is 27.5 Å². The lowest BCUT2D eigenvalue weighted by Crippen LogP contribution is -2.29. The summed E-state index contributed by atoms with van der Waals surface area (Å²) in [6, 6.07) is 19.4. The Morgan fingerprint density at radius 1 is 1.00 bits per heavy atom. The van der Waals surface area contributed by atoms with Gasteiger partial charge in [-0.05, 0) is 48.9 Å². The molecular weight excluding hydrogens is 466 g/mol. The van der Waals surface area contributed by atoms with E-state index in [1.54, 1.807) is 47.4 Å². The molecule has 0 radical (unpaired) electrons. The second kappa shape index (κ2) is 7.11. The quantitative estimate of drug-likeness (QED) is 0.340. The van der Waals surface area contributed by atoms with Gasteiger partial charge in [-0.1, -0.05) is 63.4 Å². The third kappa shape index (κ3) is 2.97. The van der Waals surface area contributed by atoms with E-state index in [4.69, 9.17) is 16.0 Å². The zero-order valence-corrected chi connectivity index (χ0v) is 18.2. The molecule has 30 heavy (non-hydrogen) atoms. The maximum atomic E-state index is 13.5. The Kier molecular flexibility index (Phi) is 4.53. The summed E-state index contributed by atoms with van der Waals surface area (Å²) < 4.78 is 6.73. The minimum atomic E-state index is -0.605. The standard InChI is InChI=1S/C24H15BrClNO3/c1-13-5-7-14(8-6-13)21-20-22(28)18-11-15(25)9-10-19(18)30-23(20)24(29)27(21)17-4-2-3-16(26)12-17/h2-12,21H,1H3. The van der Waals surface area contributed by atoms with E-state index < -0.39 is 6.04 Å². The summed E-state index contributed by atoms with van der Waals surface area (Å²) in [6.45, 7) is 1.99. The molecule has 1 unspecified atom stereocenters. The van der Waals surface area contributed by atoms with Crippen LogP contribution in [0.15, 0.2) is 80.4 Å². The third-order valence-electron chi connectivity index (χ3n) is 5.31. The maximum absolute atomic E-state index is 13.5. The van der Waals surface area contributed by atoms with E-state index in [0.29, 0.717) is 27.2 Å². The lowest BCUT2D eigenvalue weighted by atomic mass is 9.97. The minimum absolute atomic E-state index is 0.0698. The van der Waals surface area contributed by atoms with Gasteiger partial charge in [-0.3, -0.25) is 14.5 Å². The van der Waals surface area contributed by atoms with E-state index in [1.165, 1.54) is 0 Å². The number of carbonyl (C=O) groups excluding carboxylic acids is 1. The molecule has 1 atom stereocenters. The summed E-state index contributed by atoms with van der Waals surface area (Å²) in [7, 11) is 0. The number of anilines is 1. The zero-order valence-electron chi connectivity index (χ0n) is 15.9. The van der Waals surface area contributed by atoms with Crippen LogP contribution in [-0.4, -0.2) is 5.91 Å². The van der Waals surface area contributed by atoms with E-state index in [9.17, 15) is 9.59 Å². The van der Waals surface area contributed by atoms with Gasteiger partial charge in [-0.2, -0.15) is 0 Å². The average Bonchev–Trinajstić information content (AvgIpc) is 3.02. The molecule has 1 aromatic heterocycles. The topological polar surface area (TPSA) is 50.5 Å². The monoisotopic (exact) mass is 479 g/mol. The number of aryl methyl sites for hydroxylation is 1. The number of amides is 1. The second-order valence-electron chi connectivity index (χ2n) is 7.28. The maximum Gasteiger partial charge on any atom is 0.295 e. The van der Waals surface area contributed by atoms with E-state index in [0.717, 1.165) is 15.6 Å². The van der Waals surface area contributed by atoms with Crippen LogP contribution in [0.5, 0.6) is 0 Å². The van der Waals surface area contributed by atoms with Crippen LogP contribution in [0, 0.1) is 6.92 Å². The van der Waals surface area contributed by atoms with Crippen LogP contribution in [-0.2, 0) is 0 Å². The Hall–Kier alpha value is -2.89. The van der Waals surface area contributed by atoms with Crippen molar-refractivity contribution in [1.82, 2.24) is 0 Å². The van der Waals surface area contributed by atoms with Crippen molar-refractivity contribution in [3.8, 4) is 0 Å². The van der Waals surface area contributed by atoms with Crippen LogP contribution in [0.1, 0.15) is 33.3 Å². The van der Waals surface area contributed by atoms with Gasteiger partial charge in [0.05, 0.1) is 17.0 Å². The predicted molar refractivity (Wildman–Crippen MR) is 121 cm³/mol. The number of halogens is 2. The molecule has 0 saturated heterocycles. The van der Waals surface area contributed by atoms with Gasteiger partial charge in [0, 0.05) is 15.2 Å². The molecule has 5 rings (SSSR count). The molecular formula is C24H15BrClNO3. The van der Waals surface area contributed by atoms with Crippen LogP contribution < -0.4 is 10.3 Å². The molecule has 0 N–H and O–H groups in total. The first-order valence-corrected chi connectivity index (χ1v) is 10.5. The summed E-state index contributed by atoms with van der Waals surface area (Å²) in [6.07, 6.45) is 0. The first-order chi connectivity index (χ1) is 14.4. The Morgan fingerprint density at radius 2 is 1.77 bits per heavy atom. The smallest absolute Gasteiger partial charge is 0.295 e. The number of carbonyl (C=O) groups is 1. The van der Waals surface area contributed by atoms with Crippen molar-refractivity contribution in [2.75, 3.05) is 4.90 Å². The fourth-order valence-electron chi connectivity index (χ4n) is 3.90. The van der Waals surface area contributed by atoms with Crippen LogP contribution in [0.25, 0.3) is 11.0 Å². The second-order valence-corrected chi connectivity index (χ2v) is 8.63. The van der Waals surface area contributed by atoms with Gasteiger partial charge in [0.15, 0.2) is 5.43 Å². The molecule has 1 aliphatic rings. The highest BCUT2D eigenvalue weighted by Crippen LogP contribution is 2.41. The van der Waals surface area contributed by atoms with Gasteiger partial charge in [-0.25, -0.2) is 0 Å². The van der Waals surface area contributed by atoms with Crippen molar-refractivity contribution in [1.29, 1.82) is 0 Å². The molecule has 6 heteroatoms. The Balaban J connectivity index is 1.83. The van der Waals surface area contributed by atoms with Gasteiger partial charge < -0.3 is 4.42 Å². The highest BCUT2D eigenvalue weighted by atomic mass is 79.9. The fraction of sp³-hybridized carbons (Fsp3) is 0.0833. The van der Waals surface area contributed by atoms with E-state index in [2.05, 4.69) is 15.9 Å². The number of nitrogens with zero attached hydrogens (tertiary/aromatic N) is 1. The summed E-state index contributed by atoms with van der Waals surface area (Å²) >= 11 is 9.61. The SMILES string of the molecule is Cc1ccc(C2c3c(oc4ccc(Br)cc4c3=O)C(=O)N2c2cccc(Cl)c2)cc1. The molecule has 0 aliphatic carbocycles. The molecule has 0 bridgehead atoms. The highest BCUT2D eigenvalue weighted by molar-refractivity contribution is 9.10. The minimum Gasteiger partial charge on any atom is -0.450 e. The number of hydrogen-bond donors (Lipinski definition) is 0. The van der Waals surface area contributed by atoms with Gasteiger partial charge in [-0.15, -0.1) is 0 Å². The van der Waals surface area contributed by atoms with Crippen molar-refractivity contribution < 1.29 is 9.21 Å². The molecule has 1 amide bonds.